The fourth-order valence-corrected chi connectivity index (χ4v) is 2.41. The van der Waals surface area contributed by atoms with E-state index >= 15 is 0 Å². The maximum atomic E-state index is 12.5. The third-order valence-electron chi connectivity index (χ3n) is 3.35. The summed E-state index contributed by atoms with van der Waals surface area (Å²) < 4.78 is 17.1. The molecule has 0 spiro atoms. The first kappa shape index (κ1) is 18.0. The maximum Gasteiger partial charge on any atom is 0.326 e. The molecular weight excluding hydrogens is 310 g/mol. The number of aromatic nitrogens is 1. The zero-order valence-corrected chi connectivity index (χ0v) is 14.4. The highest BCUT2D eigenvalue weighted by molar-refractivity contribution is 5.83. The minimum absolute atomic E-state index is 0.0617. The highest BCUT2D eigenvalue weighted by atomic mass is 16.6. The summed E-state index contributed by atoms with van der Waals surface area (Å²) in [4.78, 5) is 24.4. The maximum absolute atomic E-state index is 12.5. The first-order chi connectivity index (χ1) is 11.4. The zero-order valence-electron chi connectivity index (χ0n) is 14.4. The van der Waals surface area contributed by atoms with E-state index in [-0.39, 0.29) is 24.3 Å². The van der Waals surface area contributed by atoms with E-state index in [1.807, 2.05) is 19.9 Å². The highest BCUT2D eigenvalue weighted by Crippen LogP contribution is 2.19. The van der Waals surface area contributed by atoms with Crippen molar-refractivity contribution in [2.75, 3.05) is 13.7 Å². The van der Waals surface area contributed by atoms with Crippen molar-refractivity contribution in [3.8, 4) is 5.75 Å². The van der Waals surface area contributed by atoms with Crippen molar-refractivity contribution in [3.05, 3.63) is 40.8 Å². The van der Waals surface area contributed by atoms with Gasteiger partial charge in [0.25, 0.3) is 5.56 Å². The predicted octanol–water partition coefficient (Wildman–Crippen LogP) is 2.37. The van der Waals surface area contributed by atoms with Gasteiger partial charge in [0.15, 0.2) is 0 Å². The molecule has 1 aromatic heterocycles. The predicted molar refractivity (Wildman–Crippen MR) is 91.4 cm³/mol. The van der Waals surface area contributed by atoms with Crippen molar-refractivity contribution in [2.24, 2.45) is 0 Å². The summed E-state index contributed by atoms with van der Waals surface area (Å²) in [5.41, 5.74) is -0.236. The lowest BCUT2D eigenvalue weighted by Gasteiger charge is -2.13. The van der Waals surface area contributed by atoms with Crippen LogP contribution in [0.5, 0.6) is 5.75 Å². The number of esters is 1. The molecule has 1 heterocycles. The number of methoxy groups -OCH3 is 1. The monoisotopic (exact) mass is 333 g/mol. The van der Waals surface area contributed by atoms with Crippen LogP contribution in [-0.2, 0) is 20.8 Å². The minimum atomic E-state index is -0.472. The van der Waals surface area contributed by atoms with Gasteiger partial charge in [-0.05, 0) is 50.4 Å². The number of hydrogen-bond donors (Lipinski definition) is 0. The third-order valence-corrected chi connectivity index (χ3v) is 3.35. The Kier molecular flexibility index (Phi) is 5.98. The van der Waals surface area contributed by atoms with Crippen LogP contribution in [0, 0.1) is 0 Å². The highest BCUT2D eigenvalue weighted by Gasteiger charge is 2.12. The molecule has 0 saturated carbocycles. The van der Waals surface area contributed by atoms with Gasteiger partial charge in [-0.1, -0.05) is 0 Å². The van der Waals surface area contributed by atoms with Crippen LogP contribution in [0.1, 0.15) is 20.8 Å². The molecule has 1 atom stereocenters. The summed E-state index contributed by atoms with van der Waals surface area (Å²) in [7, 11) is 1.54. The number of fused-ring (bicyclic) bond motifs is 1. The van der Waals surface area contributed by atoms with Gasteiger partial charge in [0.2, 0.25) is 0 Å². The Morgan fingerprint density at radius 3 is 2.62 bits per heavy atom. The van der Waals surface area contributed by atoms with Crippen molar-refractivity contribution in [2.45, 2.75) is 39.5 Å². The number of carbonyl (C=O) groups excluding carboxylic acids is 1. The SMILES string of the molecule is COCC(C)OC(=O)Cn1ccc2cc(OC(C)C)ccc2c1=O. The molecule has 6 heteroatoms. The third kappa shape index (κ3) is 4.58. The van der Waals surface area contributed by atoms with Crippen molar-refractivity contribution >= 4 is 16.7 Å². The molecule has 1 unspecified atom stereocenters. The molecule has 0 fully saturated rings. The normalized spacial score (nSPS) is 12.4. The number of carbonyl (C=O) groups is 1. The van der Waals surface area contributed by atoms with Crippen LogP contribution >= 0.6 is 0 Å². The summed E-state index contributed by atoms with van der Waals surface area (Å²) in [5, 5.41) is 1.31. The molecule has 0 saturated heterocycles. The fourth-order valence-electron chi connectivity index (χ4n) is 2.41. The molecule has 6 nitrogen and oxygen atoms in total. The first-order valence-corrected chi connectivity index (χ1v) is 7.89. The van der Waals surface area contributed by atoms with E-state index in [9.17, 15) is 9.59 Å². The lowest BCUT2D eigenvalue weighted by molar-refractivity contribution is -0.151. The van der Waals surface area contributed by atoms with E-state index in [1.54, 1.807) is 31.3 Å². The Hall–Kier alpha value is -2.34. The molecule has 130 valence electrons. The average Bonchev–Trinajstić information content (AvgIpc) is 2.49. The number of nitrogens with zero attached hydrogens (tertiary/aromatic N) is 1. The van der Waals surface area contributed by atoms with E-state index in [1.165, 1.54) is 11.7 Å². The largest absolute Gasteiger partial charge is 0.491 e. The average molecular weight is 333 g/mol. The Balaban J connectivity index is 2.19. The van der Waals surface area contributed by atoms with Crippen LogP contribution in [0.2, 0.25) is 0 Å². The number of benzene rings is 1. The Bertz CT molecular complexity index is 766. The number of pyridine rings is 1. The van der Waals surface area contributed by atoms with Crippen molar-refractivity contribution in [1.29, 1.82) is 0 Å². The zero-order chi connectivity index (χ0) is 17.7. The van der Waals surface area contributed by atoms with E-state index < -0.39 is 5.97 Å². The fraction of sp³-hybridized carbons (Fsp3) is 0.444. The van der Waals surface area contributed by atoms with Crippen molar-refractivity contribution < 1.29 is 19.0 Å². The standard InChI is InChI=1S/C18H23NO5/c1-12(2)23-15-5-6-16-14(9-15)7-8-19(18(16)21)10-17(20)24-13(3)11-22-4/h5-9,12-13H,10-11H2,1-4H3. The van der Waals surface area contributed by atoms with Crippen molar-refractivity contribution in [3.63, 3.8) is 0 Å². The second-order valence-electron chi connectivity index (χ2n) is 5.92. The van der Waals surface area contributed by atoms with E-state index in [0.29, 0.717) is 17.7 Å². The smallest absolute Gasteiger partial charge is 0.326 e. The van der Waals surface area contributed by atoms with Gasteiger partial charge in [-0.3, -0.25) is 9.59 Å². The minimum Gasteiger partial charge on any atom is -0.491 e. The number of ether oxygens (including phenoxy) is 3. The van der Waals surface area contributed by atoms with Crippen LogP contribution < -0.4 is 10.3 Å². The lowest BCUT2D eigenvalue weighted by Crippen LogP contribution is -2.28. The second-order valence-corrected chi connectivity index (χ2v) is 5.92. The quantitative estimate of drug-likeness (QED) is 0.728. The summed E-state index contributed by atoms with van der Waals surface area (Å²) >= 11 is 0. The van der Waals surface area contributed by atoms with Gasteiger partial charge in [-0.25, -0.2) is 0 Å². The summed E-state index contributed by atoms with van der Waals surface area (Å²) in [6.07, 6.45) is 1.30. The van der Waals surface area contributed by atoms with Crippen LogP contribution in [0.4, 0.5) is 0 Å². The van der Waals surface area contributed by atoms with Gasteiger partial charge in [0.05, 0.1) is 12.7 Å². The van der Waals surface area contributed by atoms with Gasteiger partial charge >= 0.3 is 5.97 Å². The molecule has 0 bridgehead atoms. The van der Waals surface area contributed by atoms with E-state index in [0.717, 1.165) is 5.39 Å². The van der Waals surface area contributed by atoms with Crippen molar-refractivity contribution in [1.82, 2.24) is 4.57 Å². The molecule has 0 aliphatic rings. The van der Waals surface area contributed by atoms with Gasteiger partial charge in [0, 0.05) is 18.7 Å². The Morgan fingerprint density at radius 1 is 1.21 bits per heavy atom. The summed E-state index contributed by atoms with van der Waals surface area (Å²) in [5.74, 6) is 0.239. The van der Waals surface area contributed by atoms with E-state index in [4.69, 9.17) is 14.2 Å². The lowest BCUT2D eigenvalue weighted by atomic mass is 10.1. The molecule has 0 N–H and O–H groups in total. The molecule has 1 aromatic carbocycles. The molecule has 2 rings (SSSR count). The Labute approximate surface area is 140 Å². The molecule has 0 radical (unpaired) electrons. The molecular formula is C18H23NO5. The van der Waals surface area contributed by atoms with Crippen LogP contribution in [-0.4, -0.2) is 36.5 Å². The molecule has 0 aliphatic heterocycles. The number of hydrogen-bond acceptors (Lipinski definition) is 5. The summed E-state index contributed by atoms with van der Waals surface area (Å²) in [6.45, 7) is 5.81. The van der Waals surface area contributed by atoms with Crippen LogP contribution in [0.25, 0.3) is 10.8 Å². The van der Waals surface area contributed by atoms with Crippen LogP contribution in [0.15, 0.2) is 35.3 Å². The van der Waals surface area contributed by atoms with Crippen LogP contribution in [0.3, 0.4) is 0 Å². The second kappa shape index (κ2) is 7.97. The van der Waals surface area contributed by atoms with Gasteiger partial charge in [0.1, 0.15) is 18.4 Å². The Morgan fingerprint density at radius 2 is 1.96 bits per heavy atom. The van der Waals surface area contributed by atoms with Gasteiger partial charge in [-0.2, -0.15) is 0 Å². The molecule has 24 heavy (non-hydrogen) atoms. The molecule has 0 amide bonds. The topological polar surface area (TPSA) is 66.8 Å². The first-order valence-electron chi connectivity index (χ1n) is 7.89. The molecule has 0 aliphatic carbocycles. The van der Waals surface area contributed by atoms with Gasteiger partial charge in [-0.15, -0.1) is 0 Å². The summed E-state index contributed by atoms with van der Waals surface area (Å²) in [6, 6.07) is 7.08. The van der Waals surface area contributed by atoms with Gasteiger partial charge < -0.3 is 18.8 Å². The van der Waals surface area contributed by atoms with E-state index in [2.05, 4.69) is 0 Å². The molecule has 2 aromatic rings. The number of rotatable bonds is 7.